The average molecular weight is 177 g/mol. The molecule has 64 valence electrons. The van der Waals surface area contributed by atoms with E-state index >= 15 is 0 Å². The minimum absolute atomic E-state index is 0.153. The first-order valence-corrected chi connectivity index (χ1v) is 3.56. The highest BCUT2D eigenvalue weighted by molar-refractivity contribution is 6.46. The van der Waals surface area contributed by atoms with Gasteiger partial charge in [0.1, 0.15) is 5.82 Å². The van der Waals surface area contributed by atoms with Gasteiger partial charge in [-0.05, 0) is 29.5 Å². The zero-order valence-electron chi connectivity index (χ0n) is 6.44. The number of rotatable bonds is 1. The molecule has 1 aliphatic heterocycles. The monoisotopic (exact) mass is 177 g/mol. The molecule has 0 saturated carbocycles. The van der Waals surface area contributed by atoms with Crippen LogP contribution < -0.4 is 0 Å². The molecule has 0 aliphatic carbocycles. The van der Waals surface area contributed by atoms with Gasteiger partial charge in [0.15, 0.2) is 5.71 Å². The molecular formula is C8H4FN3O. The van der Waals surface area contributed by atoms with Crippen molar-refractivity contribution in [3.8, 4) is 0 Å². The van der Waals surface area contributed by atoms with Crippen LogP contribution in [-0.2, 0) is 4.79 Å². The lowest BCUT2D eigenvalue weighted by Gasteiger charge is -1.95. The maximum Gasteiger partial charge on any atom is 0.318 e. The number of halogens is 1. The van der Waals surface area contributed by atoms with E-state index in [2.05, 4.69) is 15.4 Å². The minimum Gasteiger partial charge on any atom is -0.263 e. The SMILES string of the molecule is O=C1N=NN=C1c1ccc(F)cc1. The highest BCUT2D eigenvalue weighted by atomic mass is 19.1. The summed E-state index contributed by atoms with van der Waals surface area (Å²) >= 11 is 0. The fourth-order valence-electron chi connectivity index (χ4n) is 0.987. The molecule has 0 fully saturated rings. The molecule has 0 radical (unpaired) electrons. The van der Waals surface area contributed by atoms with Gasteiger partial charge in [0.25, 0.3) is 0 Å². The first-order chi connectivity index (χ1) is 6.27. The van der Waals surface area contributed by atoms with Gasteiger partial charge >= 0.3 is 5.91 Å². The third kappa shape index (κ3) is 1.35. The fourth-order valence-corrected chi connectivity index (χ4v) is 0.987. The summed E-state index contributed by atoms with van der Waals surface area (Å²) in [4.78, 5) is 11.0. The lowest BCUT2D eigenvalue weighted by molar-refractivity contribution is -0.111. The van der Waals surface area contributed by atoms with E-state index in [1.165, 1.54) is 24.3 Å². The van der Waals surface area contributed by atoms with Crippen LogP contribution in [0.1, 0.15) is 5.56 Å². The summed E-state index contributed by atoms with van der Waals surface area (Å²) in [6.45, 7) is 0. The number of carbonyl (C=O) groups is 1. The molecule has 0 atom stereocenters. The highest BCUT2D eigenvalue weighted by Gasteiger charge is 2.17. The van der Waals surface area contributed by atoms with E-state index < -0.39 is 5.91 Å². The minimum atomic E-state index is -0.494. The molecule has 2 rings (SSSR count). The molecule has 13 heavy (non-hydrogen) atoms. The average Bonchev–Trinajstić information content (AvgIpc) is 2.53. The molecule has 1 amide bonds. The van der Waals surface area contributed by atoms with E-state index in [9.17, 15) is 9.18 Å². The molecule has 0 saturated heterocycles. The second-order valence-electron chi connectivity index (χ2n) is 2.45. The van der Waals surface area contributed by atoms with Crippen LogP contribution in [0.2, 0.25) is 0 Å². The molecule has 0 spiro atoms. The molecule has 1 aromatic carbocycles. The standard InChI is InChI=1S/C8H4FN3O/c9-6-3-1-5(2-4-6)7-8(13)11-12-10-7/h1-4H. The second-order valence-corrected chi connectivity index (χ2v) is 2.45. The maximum absolute atomic E-state index is 12.5. The van der Waals surface area contributed by atoms with Gasteiger partial charge in [-0.3, -0.25) is 4.79 Å². The van der Waals surface area contributed by atoms with Crippen molar-refractivity contribution in [3.05, 3.63) is 35.6 Å². The van der Waals surface area contributed by atoms with Crippen LogP contribution in [0.5, 0.6) is 0 Å². The van der Waals surface area contributed by atoms with Crippen molar-refractivity contribution < 1.29 is 9.18 Å². The summed E-state index contributed by atoms with van der Waals surface area (Å²) in [6, 6.07) is 5.43. The van der Waals surface area contributed by atoms with Gasteiger partial charge in [-0.2, -0.15) is 0 Å². The van der Waals surface area contributed by atoms with Gasteiger partial charge in [-0.15, -0.1) is 5.10 Å². The van der Waals surface area contributed by atoms with Crippen LogP contribution >= 0.6 is 0 Å². The molecule has 0 unspecified atom stereocenters. The predicted molar refractivity (Wildman–Crippen MR) is 42.8 cm³/mol. The third-order valence-corrected chi connectivity index (χ3v) is 1.60. The van der Waals surface area contributed by atoms with Gasteiger partial charge in [0.05, 0.1) is 0 Å². The van der Waals surface area contributed by atoms with Crippen molar-refractivity contribution in [2.45, 2.75) is 0 Å². The summed E-state index contributed by atoms with van der Waals surface area (Å²) < 4.78 is 12.5. The van der Waals surface area contributed by atoms with Crippen molar-refractivity contribution in [2.75, 3.05) is 0 Å². The molecule has 0 N–H and O–H groups in total. The normalized spacial score (nSPS) is 14.8. The molecule has 4 nitrogen and oxygen atoms in total. The fraction of sp³-hybridized carbons (Fsp3) is 0. The Balaban J connectivity index is 2.38. The van der Waals surface area contributed by atoms with E-state index in [-0.39, 0.29) is 11.5 Å². The molecule has 1 heterocycles. The van der Waals surface area contributed by atoms with E-state index in [0.29, 0.717) is 5.56 Å². The molecule has 0 bridgehead atoms. The Bertz CT molecular complexity index is 408. The van der Waals surface area contributed by atoms with Crippen molar-refractivity contribution >= 4 is 11.6 Å². The van der Waals surface area contributed by atoms with E-state index in [1.54, 1.807) is 0 Å². The number of nitrogens with zero attached hydrogens (tertiary/aromatic N) is 3. The van der Waals surface area contributed by atoms with Gasteiger partial charge in [0.2, 0.25) is 0 Å². The first-order valence-electron chi connectivity index (χ1n) is 3.56. The quantitative estimate of drug-likeness (QED) is 0.641. The Morgan fingerprint density at radius 1 is 1.15 bits per heavy atom. The largest absolute Gasteiger partial charge is 0.318 e. The summed E-state index contributed by atoms with van der Waals surface area (Å²) in [5.41, 5.74) is 0.677. The second kappa shape index (κ2) is 2.85. The summed E-state index contributed by atoms with van der Waals surface area (Å²) in [5.74, 6) is -0.852. The van der Waals surface area contributed by atoms with Crippen molar-refractivity contribution in [1.29, 1.82) is 0 Å². The zero-order chi connectivity index (χ0) is 9.26. The molecular weight excluding hydrogens is 173 g/mol. The lowest BCUT2D eigenvalue weighted by Crippen LogP contribution is -2.08. The predicted octanol–water partition coefficient (Wildman–Crippen LogP) is 1.52. The zero-order valence-corrected chi connectivity index (χ0v) is 6.44. The van der Waals surface area contributed by atoms with Gasteiger partial charge in [0, 0.05) is 5.56 Å². The van der Waals surface area contributed by atoms with E-state index in [4.69, 9.17) is 0 Å². The van der Waals surface area contributed by atoms with Crippen molar-refractivity contribution in [2.24, 2.45) is 15.4 Å². The number of amides is 1. The Morgan fingerprint density at radius 2 is 1.85 bits per heavy atom. The van der Waals surface area contributed by atoms with Crippen molar-refractivity contribution in [1.82, 2.24) is 0 Å². The summed E-state index contributed by atoms with van der Waals surface area (Å²) in [7, 11) is 0. The smallest absolute Gasteiger partial charge is 0.263 e. The van der Waals surface area contributed by atoms with Crippen LogP contribution in [0.4, 0.5) is 4.39 Å². The third-order valence-electron chi connectivity index (χ3n) is 1.60. The van der Waals surface area contributed by atoms with Crippen molar-refractivity contribution in [3.63, 3.8) is 0 Å². The van der Waals surface area contributed by atoms with E-state index in [0.717, 1.165) is 0 Å². The number of hydrogen-bond donors (Lipinski definition) is 0. The van der Waals surface area contributed by atoms with Gasteiger partial charge < -0.3 is 0 Å². The Morgan fingerprint density at radius 3 is 2.38 bits per heavy atom. The molecule has 0 aromatic heterocycles. The van der Waals surface area contributed by atoms with Crippen LogP contribution in [0.15, 0.2) is 39.7 Å². The van der Waals surface area contributed by atoms with Crippen LogP contribution in [0, 0.1) is 5.82 Å². The Hall–Kier alpha value is -1.91. The maximum atomic E-state index is 12.5. The van der Waals surface area contributed by atoms with Gasteiger partial charge in [-0.25, -0.2) is 4.39 Å². The van der Waals surface area contributed by atoms with Crippen LogP contribution in [0.25, 0.3) is 0 Å². The van der Waals surface area contributed by atoms with Gasteiger partial charge in [-0.1, -0.05) is 5.11 Å². The summed E-state index contributed by atoms with van der Waals surface area (Å²) in [5, 5.41) is 9.94. The van der Waals surface area contributed by atoms with Crippen LogP contribution in [-0.4, -0.2) is 11.6 Å². The lowest BCUT2D eigenvalue weighted by atomic mass is 10.1. The molecule has 5 heteroatoms. The topological polar surface area (TPSA) is 54.1 Å². The summed E-state index contributed by atoms with van der Waals surface area (Å²) in [6.07, 6.45) is 0. The highest BCUT2D eigenvalue weighted by Crippen LogP contribution is 2.09. The Kier molecular flexibility index (Phi) is 1.70. The molecule has 1 aromatic rings. The first kappa shape index (κ1) is 7.72. The number of hydrogen-bond acceptors (Lipinski definition) is 3. The number of carbonyl (C=O) groups excluding carboxylic acids is 1. The van der Waals surface area contributed by atoms with Crippen LogP contribution in [0.3, 0.4) is 0 Å². The molecule has 1 aliphatic rings. The Labute approximate surface area is 72.8 Å². The number of benzene rings is 1. The van der Waals surface area contributed by atoms with E-state index in [1.807, 2.05) is 0 Å².